The highest BCUT2D eigenvalue weighted by Gasteiger charge is 2.20. The summed E-state index contributed by atoms with van der Waals surface area (Å²) in [5.41, 5.74) is 9.53. The standard InChI is InChI=1S/C38H23N5O/c39-22-26-8-6-11-30-36-35(44-37(26)30)17-18-40-38(36)43-32-13-3-1-10-28(32)29-16-15-25(21-34(29)43)19-24-7-5-9-27(20-24)42-23-41-31-12-2-4-14-33(31)42/h1-18,20-21,23H,19H2. The van der Waals surface area contributed by atoms with Gasteiger partial charge in [0.1, 0.15) is 23.8 Å². The Balaban J connectivity index is 1.22. The van der Waals surface area contributed by atoms with Gasteiger partial charge in [-0.2, -0.15) is 5.26 Å². The molecule has 4 aromatic heterocycles. The third-order valence-electron chi connectivity index (χ3n) is 8.51. The number of para-hydroxylation sites is 4. The molecular formula is C38H23N5O. The van der Waals surface area contributed by atoms with Crippen LogP contribution >= 0.6 is 0 Å². The average molecular weight is 566 g/mol. The number of hydrogen-bond acceptors (Lipinski definition) is 4. The number of aromatic nitrogens is 4. The van der Waals surface area contributed by atoms with Gasteiger partial charge in [-0.05, 0) is 66.1 Å². The van der Waals surface area contributed by atoms with Crippen LogP contribution in [-0.2, 0) is 6.42 Å². The van der Waals surface area contributed by atoms with Crippen molar-refractivity contribution in [3.63, 3.8) is 0 Å². The lowest BCUT2D eigenvalue weighted by Gasteiger charge is -2.10. The first kappa shape index (κ1) is 24.4. The molecule has 0 aliphatic heterocycles. The molecule has 206 valence electrons. The van der Waals surface area contributed by atoms with Crippen LogP contribution in [0.1, 0.15) is 16.7 Å². The highest BCUT2D eigenvalue weighted by Crippen LogP contribution is 2.38. The highest BCUT2D eigenvalue weighted by atomic mass is 16.3. The number of rotatable bonds is 4. The second-order valence-electron chi connectivity index (χ2n) is 11.1. The first-order valence-electron chi connectivity index (χ1n) is 14.5. The van der Waals surface area contributed by atoms with Crippen molar-refractivity contribution in [2.24, 2.45) is 0 Å². The zero-order chi connectivity index (χ0) is 29.2. The Labute approximate surface area is 251 Å². The molecule has 0 bridgehead atoms. The van der Waals surface area contributed by atoms with E-state index in [1.165, 1.54) is 11.1 Å². The van der Waals surface area contributed by atoms with Gasteiger partial charge in [-0.15, -0.1) is 0 Å². The fourth-order valence-corrected chi connectivity index (χ4v) is 6.55. The smallest absolute Gasteiger partial charge is 0.153 e. The van der Waals surface area contributed by atoms with Gasteiger partial charge >= 0.3 is 0 Å². The number of nitriles is 1. The molecule has 0 aliphatic carbocycles. The van der Waals surface area contributed by atoms with E-state index >= 15 is 0 Å². The Morgan fingerprint density at radius 1 is 0.682 bits per heavy atom. The summed E-state index contributed by atoms with van der Waals surface area (Å²) in [6.07, 6.45) is 4.44. The van der Waals surface area contributed by atoms with Gasteiger partial charge in [0.2, 0.25) is 0 Å². The number of imidazole rings is 1. The van der Waals surface area contributed by atoms with Crippen LogP contribution in [-0.4, -0.2) is 19.1 Å². The lowest BCUT2D eigenvalue weighted by molar-refractivity contribution is 0.667. The van der Waals surface area contributed by atoms with E-state index in [0.29, 0.717) is 16.7 Å². The van der Waals surface area contributed by atoms with E-state index in [9.17, 15) is 5.26 Å². The van der Waals surface area contributed by atoms with Gasteiger partial charge in [-0.1, -0.05) is 66.7 Å². The quantitative estimate of drug-likeness (QED) is 0.214. The predicted molar refractivity (Wildman–Crippen MR) is 174 cm³/mol. The van der Waals surface area contributed by atoms with Crippen LogP contribution in [0.3, 0.4) is 0 Å². The molecule has 0 radical (unpaired) electrons. The van der Waals surface area contributed by atoms with Gasteiger partial charge in [0.25, 0.3) is 0 Å². The van der Waals surface area contributed by atoms with Crippen molar-refractivity contribution in [3.05, 3.63) is 144 Å². The zero-order valence-electron chi connectivity index (χ0n) is 23.5. The van der Waals surface area contributed by atoms with E-state index in [1.807, 2.05) is 42.7 Å². The van der Waals surface area contributed by atoms with E-state index in [0.717, 1.165) is 61.5 Å². The topological polar surface area (TPSA) is 72.6 Å². The van der Waals surface area contributed by atoms with Crippen LogP contribution in [0.25, 0.3) is 66.3 Å². The number of benzene rings is 5. The molecule has 0 spiro atoms. The molecule has 0 unspecified atom stereocenters. The molecule has 0 saturated heterocycles. The fraction of sp³-hybridized carbons (Fsp3) is 0.0263. The van der Waals surface area contributed by atoms with Crippen LogP contribution in [0.15, 0.2) is 132 Å². The Morgan fingerprint density at radius 2 is 1.48 bits per heavy atom. The SMILES string of the molecule is N#Cc1cccc2c1oc1ccnc(-n3c4ccccc4c4ccc(Cc5cccc(-n6cnc7ccccc76)c5)cc43)c12. The summed E-state index contributed by atoms with van der Waals surface area (Å²) in [4.78, 5) is 9.50. The summed E-state index contributed by atoms with van der Waals surface area (Å²) in [6.45, 7) is 0. The second kappa shape index (κ2) is 9.41. The predicted octanol–water partition coefficient (Wildman–Crippen LogP) is 8.88. The van der Waals surface area contributed by atoms with Crippen molar-refractivity contribution < 1.29 is 4.42 Å². The summed E-state index contributed by atoms with van der Waals surface area (Å²) in [5.74, 6) is 0.786. The van der Waals surface area contributed by atoms with Gasteiger partial charge < -0.3 is 4.42 Å². The molecule has 9 rings (SSSR count). The van der Waals surface area contributed by atoms with Crippen molar-refractivity contribution in [1.82, 2.24) is 19.1 Å². The minimum absolute atomic E-state index is 0.514. The van der Waals surface area contributed by atoms with Gasteiger partial charge in [0.05, 0.1) is 33.0 Å². The van der Waals surface area contributed by atoms with E-state index < -0.39 is 0 Å². The Kier molecular flexibility index (Phi) is 5.22. The van der Waals surface area contributed by atoms with Gasteiger partial charge in [-0.3, -0.25) is 9.13 Å². The fourth-order valence-electron chi connectivity index (χ4n) is 6.55. The molecule has 4 heterocycles. The summed E-state index contributed by atoms with van der Waals surface area (Å²) in [6, 6.07) is 41.8. The average Bonchev–Trinajstić information content (AvgIpc) is 3.76. The number of hydrogen-bond donors (Lipinski definition) is 0. The molecule has 6 heteroatoms. The van der Waals surface area contributed by atoms with E-state index in [1.54, 1.807) is 12.3 Å². The first-order valence-corrected chi connectivity index (χ1v) is 14.5. The van der Waals surface area contributed by atoms with Gasteiger partial charge in [-0.25, -0.2) is 9.97 Å². The molecule has 0 atom stereocenters. The zero-order valence-corrected chi connectivity index (χ0v) is 23.5. The largest absolute Gasteiger partial charge is 0.454 e. The van der Waals surface area contributed by atoms with Crippen LogP contribution < -0.4 is 0 Å². The molecule has 44 heavy (non-hydrogen) atoms. The van der Waals surface area contributed by atoms with Crippen LogP contribution in [0.2, 0.25) is 0 Å². The summed E-state index contributed by atoms with van der Waals surface area (Å²) in [7, 11) is 0. The Bertz CT molecular complexity index is 2610. The molecule has 0 amide bonds. The summed E-state index contributed by atoms with van der Waals surface area (Å²) in [5, 5.41) is 13.8. The van der Waals surface area contributed by atoms with Crippen molar-refractivity contribution in [2.75, 3.05) is 0 Å². The number of furan rings is 1. The van der Waals surface area contributed by atoms with Crippen molar-refractivity contribution in [1.29, 1.82) is 5.26 Å². The Hall–Kier alpha value is -6.19. The van der Waals surface area contributed by atoms with Crippen molar-refractivity contribution in [3.8, 4) is 17.6 Å². The molecule has 0 aliphatic rings. The van der Waals surface area contributed by atoms with E-state index in [4.69, 9.17) is 9.40 Å². The van der Waals surface area contributed by atoms with E-state index in [2.05, 4.69) is 93.0 Å². The second-order valence-corrected chi connectivity index (χ2v) is 11.1. The molecule has 5 aromatic carbocycles. The van der Waals surface area contributed by atoms with Crippen molar-refractivity contribution in [2.45, 2.75) is 6.42 Å². The minimum Gasteiger partial charge on any atom is -0.454 e. The number of fused-ring (bicyclic) bond motifs is 7. The number of nitrogens with zero attached hydrogens (tertiary/aromatic N) is 5. The highest BCUT2D eigenvalue weighted by molar-refractivity contribution is 6.14. The lowest BCUT2D eigenvalue weighted by atomic mass is 10.0. The van der Waals surface area contributed by atoms with Crippen LogP contribution in [0.4, 0.5) is 0 Å². The van der Waals surface area contributed by atoms with Crippen LogP contribution in [0, 0.1) is 11.3 Å². The molecule has 0 fully saturated rings. The molecule has 0 saturated carbocycles. The maximum Gasteiger partial charge on any atom is 0.153 e. The molecule has 9 aromatic rings. The third-order valence-corrected chi connectivity index (χ3v) is 8.51. The first-order chi connectivity index (χ1) is 21.8. The molecule has 0 N–H and O–H groups in total. The maximum atomic E-state index is 9.73. The third kappa shape index (κ3) is 3.60. The maximum absolute atomic E-state index is 9.73. The number of pyridine rings is 1. The van der Waals surface area contributed by atoms with Crippen molar-refractivity contribution >= 4 is 54.8 Å². The van der Waals surface area contributed by atoms with E-state index in [-0.39, 0.29) is 0 Å². The molecule has 6 nitrogen and oxygen atoms in total. The Morgan fingerprint density at radius 3 is 2.41 bits per heavy atom. The van der Waals surface area contributed by atoms with Crippen LogP contribution in [0.5, 0.6) is 0 Å². The normalized spacial score (nSPS) is 11.7. The summed E-state index contributed by atoms with van der Waals surface area (Å²) < 4.78 is 10.6. The monoisotopic (exact) mass is 565 g/mol. The van der Waals surface area contributed by atoms with Gasteiger partial charge in [0.15, 0.2) is 5.58 Å². The lowest BCUT2D eigenvalue weighted by Crippen LogP contribution is -1.99. The van der Waals surface area contributed by atoms with Gasteiger partial charge in [0, 0.05) is 28.0 Å². The minimum atomic E-state index is 0.514. The summed E-state index contributed by atoms with van der Waals surface area (Å²) >= 11 is 0. The molecular weight excluding hydrogens is 542 g/mol.